The van der Waals surface area contributed by atoms with Gasteiger partial charge >= 0.3 is 5.97 Å². The third kappa shape index (κ3) is 1.69. The minimum absolute atomic E-state index is 0.166. The van der Waals surface area contributed by atoms with Crippen LogP contribution < -0.4 is 0 Å². The summed E-state index contributed by atoms with van der Waals surface area (Å²) >= 11 is 0. The summed E-state index contributed by atoms with van der Waals surface area (Å²) in [6, 6.07) is 6.65. The van der Waals surface area contributed by atoms with E-state index in [9.17, 15) is 9.90 Å². The van der Waals surface area contributed by atoms with E-state index >= 15 is 0 Å². The average Bonchev–Trinajstić information content (AvgIpc) is 2.27. The topological polar surface area (TPSA) is 59.4 Å². The van der Waals surface area contributed by atoms with Gasteiger partial charge in [-0.05, 0) is 36.8 Å². The molecule has 0 unspecified atom stereocenters. The zero-order valence-electron chi connectivity index (χ0n) is 9.02. The molecule has 2 rings (SSSR count). The van der Waals surface area contributed by atoms with Crippen LogP contribution in [0.3, 0.4) is 0 Å². The molecule has 82 valence electrons. The maximum absolute atomic E-state index is 11.3. The van der Waals surface area contributed by atoms with Crippen molar-refractivity contribution in [2.24, 2.45) is 0 Å². The normalized spacial score (nSPS) is 10.4. The monoisotopic (exact) mass is 217 g/mol. The van der Waals surface area contributed by atoms with Crippen molar-refractivity contribution in [3.05, 3.63) is 35.5 Å². The molecule has 1 heterocycles. The summed E-state index contributed by atoms with van der Waals surface area (Å²) in [5, 5.41) is 10.3. The fraction of sp³-hybridized carbons (Fsp3) is 0.167. The summed E-state index contributed by atoms with van der Waals surface area (Å²) in [5.74, 6) is -0.318. The summed E-state index contributed by atoms with van der Waals surface area (Å²) in [4.78, 5) is 15.4. The van der Waals surface area contributed by atoms with Crippen molar-refractivity contribution < 1.29 is 14.6 Å². The number of hydrogen-bond acceptors (Lipinski definition) is 4. The van der Waals surface area contributed by atoms with Gasteiger partial charge in [-0.15, -0.1) is 0 Å². The molecule has 4 nitrogen and oxygen atoms in total. The summed E-state index contributed by atoms with van der Waals surface area (Å²) in [6.45, 7) is 1.85. The SMILES string of the molecule is COC(=O)c1ccc2c(O)cc(C)cc2n1. The molecule has 0 radical (unpaired) electrons. The molecule has 2 aromatic rings. The Labute approximate surface area is 92.5 Å². The number of aromatic nitrogens is 1. The molecule has 4 heteroatoms. The number of hydrogen-bond donors (Lipinski definition) is 1. The Morgan fingerprint density at radius 3 is 2.81 bits per heavy atom. The summed E-state index contributed by atoms with van der Waals surface area (Å²) < 4.78 is 4.58. The Bertz CT molecular complexity index is 563. The van der Waals surface area contributed by atoms with Crippen LogP contribution in [0, 0.1) is 6.92 Å². The number of pyridine rings is 1. The summed E-state index contributed by atoms with van der Waals surface area (Å²) in [5.41, 5.74) is 1.71. The second-order valence-corrected chi connectivity index (χ2v) is 3.54. The van der Waals surface area contributed by atoms with Crippen LogP contribution >= 0.6 is 0 Å². The predicted molar refractivity (Wildman–Crippen MR) is 59.5 cm³/mol. The molecule has 0 atom stereocenters. The van der Waals surface area contributed by atoms with E-state index in [1.54, 1.807) is 12.1 Å². The van der Waals surface area contributed by atoms with E-state index in [4.69, 9.17) is 0 Å². The van der Waals surface area contributed by atoms with Crippen molar-refractivity contribution in [1.82, 2.24) is 4.98 Å². The highest BCUT2D eigenvalue weighted by molar-refractivity contribution is 5.92. The van der Waals surface area contributed by atoms with Crippen LogP contribution in [-0.2, 0) is 4.74 Å². The predicted octanol–water partition coefficient (Wildman–Crippen LogP) is 2.04. The first kappa shape index (κ1) is 10.4. The van der Waals surface area contributed by atoms with E-state index in [1.807, 2.05) is 13.0 Å². The molecule has 0 bridgehead atoms. The summed E-state index contributed by atoms with van der Waals surface area (Å²) in [7, 11) is 1.31. The zero-order chi connectivity index (χ0) is 11.7. The Balaban J connectivity index is 2.66. The quantitative estimate of drug-likeness (QED) is 0.742. The highest BCUT2D eigenvalue weighted by Crippen LogP contribution is 2.25. The van der Waals surface area contributed by atoms with Gasteiger partial charge in [0.2, 0.25) is 0 Å². The number of esters is 1. The van der Waals surface area contributed by atoms with Crippen LogP contribution in [0.4, 0.5) is 0 Å². The lowest BCUT2D eigenvalue weighted by molar-refractivity contribution is 0.0594. The first-order valence-electron chi connectivity index (χ1n) is 4.80. The van der Waals surface area contributed by atoms with Crippen molar-refractivity contribution >= 4 is 16.9 Å². The average molecular weight is 217 g/mol. The van der Waals surface area contributed by atoms with E-state index in [2.05, 4.69) is 9.72 Å². The van der Waals surface area contributed by atoms with Crippen LogP contribution in [0.15, 0.2) is 24.3 Å². The minimum Gasteiger partial charge on any atom is -0.507 e. The molecule has 0 amide bonds. The van der Waals surface area contributed by atoms with Gasteiger partial charge in [-0.3, -0.25) is 0 Å². The number of carbonyl (C=O) groups is 1. The molecule has 0 aliphatic rings. The molecule has 16 heavy (non-hydrogen) atoms. The molecular weight excluding hydrogens is 206 g/mol. The van der Waals surface area contributed by atoms with E-state index in [1.165, 1.54) is 13.2 Å². The first-order valence-corrected chi connectivity index (χ1v) is 4.80. The molecule has 0 saturated heterocycles. The third-order valence-electron chi connectivity index (χ3n) is 2.32. The molecular formula is C12H11NO3. The number of methoxy groups -OCH3 is 1. The van der Waals surface area contributed by atoms with E-state index < -0.39 is 5.97 Å². The van der Waals surface area contributed by atoms with Gasteiger partial charge in [0.25, 0.3) is 0 Å². The number of phenols is 1. The maximum Gasteiger partial charge on any atom is 0.356 e. The van der Waals surface area contributed by atoms with E-state index in [0.29, 0.717) is 10.9 Å². The molecule has 1 N–H and O–H groups in total. The van der Waals surface area contributed by atoms with Gasteiger partial charge in [-0.1, -0.05) is 0 Å². The van der Waals surface area contributed by atoms with Gasteiger partial charge in [-0.25, -0.2) is 9.78 Å². The molecule has 0 fully saturated rings. The van der Waals surface area contributed by atoms with Gasteiger partial charge in [0, 0.05) is 5.39 Å². The number of rotatable bonds is 1. The van der Waals surface area contributed by atoms with Gasteiger partial charge < -0.3 is 9.84 Å². The highest BCUT2D eigenvalue weighted by atomic mass is 16.5. The Morgan fingerprint density at radius 1 is 1.38 bits per heavy atom. The fourth-order valence-corrected chi connectivity index (χ4v) is 1.57. The molecule has 1 aromatic carbocycles. The van der Waals surface area contributed by atoms with Crippen molar-refractivity contribution in [2.75, 3.05) is 7.11 Å². The Morgan fingerprint density at radius 2 is 2.12 bits per heavy atom. The van der Waals surface area contributed by atoms with Crippen LogP contribution in [0.25, 0.3) is 10.9 Å². The Kier molecular flexibility index (Phi) is 2.48. The largest absolute Gasteiger partial charge is 0.507 e. The number of aromatic hydroxyl groups is 1. The van der Waals surface area contributed by atoms with E-state index in [-0.39, 0.29) is 11.4 Å². The van der Waals surface area contributed by atoms with E-state index in [0.717, 1.165) is 5.56 Å². The number of fused-ring (bicyclic) bond motifs is 1. The number of aryl methyl sites for hydroxylation is 1. The Hall–Kier alpha value is -2.10. The van der Waals surface area contributed by atoms with Gasteiger partial charge in [0.05, 0.1) is 12.6 Å². The number of nitrogens with zero attached hydrogens (tertiary/aromatic N) is 1. The van der Waals surface area contributed by atoms with Crippen molar-refractivity contribution in [2.45, 2.75) is 6.92 Å². The van der Waals surface area contributed by atoms with Crippen LogP contribution in [-0.4, -0.2) is 23.2 Å². The van der Waals surface area contributed by atoms with Crippen LogP contribution in [0.1, 0.15) is 16.1 Å². The molecule has 0 aliphatic heterocycles. The molecule has 1 aromatic heterocycles. The third-order valence-corrected chi connectivity index (χ3v) is 2.32. The zero-order valence-corrected chi connectivity index (χ0v) is 9.02. The van der Waals surface area contributed by atoms with Crippen molar-refractivity contribution in [1.29, 1.82) is 0 Å². The van der Waals surface area contributed by atoms with Gasteiger partial charge in [-0.2, -0.15) is 0 Å². The molecule has 0 saturated carbocycles. The fourth-order valence-electron chi connectivity index (χ4n) is 1.57. The highest BCUT2D eigenvalue weighted by Gasteiger charge is 2.09. The van der Waals surface area contributed by atoms with Crippen molar-refractivity contribution in [3.63, 3.8) is 0 Å². The van der Waals surface area contributed by atoms with Crippen LogP contribution in [0.2, 0.25) is 0 Å². The minimum atomic E-state index is -0.483. The standard InChI is InChI=1S/C12H11NO3/c1-7-5-10-8(11(14)6-7)3-4-9(13-10)12(15)16-2/h3-6,14H,1-2H3. The molecule has 0 aliphatic carbocycles. The van der Waals surface area contributed by atoms with Crippen LogP contribution in [0.5, 0.6) is 5.75 Å². The number of benzene rings is 1. The maximum atomic E-state index is 11.3. The lowest BCUT2D eigenvalue weighted by Gasteiger charge is -2.04. The molecule has 0 spiro atoms. The van der Waals surface area contributed by atoms with Gasteiger partial charge in [0.1, 0.15) is 11.4 Å². The number of carbonyl (C=O) groups excluding carboxylic acids is 1. The summed E-state index contributed by atoms with van der Waals surface area (Å²) in [6.07, 6.45) is 0. The second kappa shape index (κ2) is 3.81. The smallest absolute Gasteiger partial charge is 0.356 e. The number of ether oxygens (including phenoxy) is 1. The van der Waals surface area contributed by atoms with Crippen molar-refractivity contribution in [3.8, 4) is 5.75 Å². The first-order chi connectivity index (χ1) is 7.61. The van der Waals surface area contributed by atoms with Gasteiger partial charge in [0.15, 0.2) is 0 Å². The lowest BCUT2D eigenvalue weighted by Crippen LogP contribution is -2.03. The second-order valence-electron chi connectivity index (χ2n) is 3.54. The number of phenolic OH excluding ortho intramolecular Hbond substituents is 1. The lowest BCUT2D eigenvalue weighted by atomic mass is 10.1.